The number of aliphatic hydroxyl groups is 1. The largest absolute Gasteiger partial charge is 0.392 e. The maximum Gasteiger partial charge on any atom is 0.228 e. The van der Waals surface area contributed by atoms with Gasteiger partial charge in [-0.1, -0.05) is 67.6 Å². The number of hydrogen-bond donors (Lipinski definition) is 3. The van der Waals surface area contributed by atoms with Crippen molar-refractivity contribution < 1.29 is 29.0 Å². The van der Waals surface area contributed by atoms with Crippen molar-refractivity contribution in [2.75, 3.05) is 16.4 Å². The van der Waals surface area contributed by atoms with E-state index in [0.717, 1.165) is 32.8 Å². The fraction of sp³-hybridized carbons (Fsp3) is 0.270. The first kappa shape index (κ1) is 33.1. The lowest BCUT2D eigenvalue weighted by molar-refractivity contribution is -0.268. The molecule has 0 bridgehead atoms. The molecular weight excluding hydrogens is 600 g/mol. The molecule has 4 aromatic carbocycles. The van der Waals surface area contributed by atoms with Gasteiger partial charge in [0.25, 0.3) is 0 Å². The number of Topliss-reactive ketones (excluding diaryl/α,β-unsaturated/α-hetero) is 1. The van der Waals surface area contributed by atoms with Gasteiger partial charge in [0.2, 0.25) is 11.8 Å². The van der Waals surface area contributed by atoms with Crippen LogP contribution < -0.4 is 10.6 Å². The van der Waals surface area contributed by atoms with Crippen molar-refractivity contribution in [3.8, 4) is 0 Å². The van der Waals surface area contributed by atoms with Crippen LogP contribution in [0.1, 0.15) is 65.8 Å². The van der Waals surface area contributed by atoms with Gasteiger partial charge in [0.15, 0.2) is 12.1 Å². The zero-order valence-electron chi connectivity index (χ0n) is 26.1. The van der Waals surface area contributed by atoms with Gasteiger partial charge >= 0.3 is 0 Å². The Kier molecular flexibility index (Phi) is 11.0. The third-order valence-corrected chi connectivity index (χ3v) is 8.98. The highest BCUT2D eigenvalue weighted by atomic mass is 32.2. The Morgan fingerprint density at radius 3 is 2.11 bits per heavy atom. The van der Waals surface area contributed by atoms with Gasteiger partial charge in [0.1, 0.15) is 0 Å². The van der Waals surface area contributed by atoms with Crippen molar-refractivity contribution in [3.05, 3.63) is 125 Å². The molecule has 0 spiro atoms. The number of nitrogens with one attached hydrogen (secondary N) is 2. The third-order valence-electron chi connectivity index (χ3n) is 7.88. The molecule has 0 radical (unpaired) electrons. The first-order chi connectivity index (χ1) is 22.2. The number of benzene rings is 4. The van der Waals surface area contributed by atoms with E-state index in [2.05, 4.69) is 17.6 Å². The van der Waals surface area contributed by atoms with Crippen LogP contribution in [-0.4, -0.2) is 34.6 Å². The summed E-state index contributed by atoms with van der Waals surface area (Å²) < 4.78 is 13.1. The summed E-state index contributed by atoms with van der Waals surface area (Å²) in [6.07, 6.45) is -0.829. The maximum absolute atomic E-state index is 12.7. The minimum Gasteiger partial charge on any atom is -0.392 e. The number of thioether (sulfide) groups is 1. The molecule has 4 unspecified atom stereocenters. The Balaban J connectivity index is 1.29. The number of carbonyl (C=O) groups is 3. The summed E-state index contributed by atoms with van der Waals surface area (Å²) in [7, 11) is 0. The Morgan fingerprint density at radius 2 is 1.46 bits per heavy atom. The number of rotatable bonds is 11. The molecule has 1 fully saturated rings. The van der Waals surface area contributed by atoms with Crippen LogP contribution in [0.15, 0.2) is 102 Å². The summed E-state index contributed by atoms with van der Waals surface area (Å²) in [6.45, 7) is 5.08. The second-order valence-electron chi connectivity index (χ2n) is 11.4. The molecule has 1 aliphatic heterocycles. The molecular formula is C37H38N2O6S. The number of ether oxygens (including phenoxy) is 2. The summed E-state index contributed by atoms with van der Waals surface area (Å²) in [6, 6.07) is 30.1. The minimum atomic E-state index is -0.622. The molecule has 238 valence electrons. The van der Waals surface area contributed by atoms with Gasteiger partial charge in [0, 0.05) is 46.0 Å². The topological polar surface area (TPSA) is 114 Å². The Labute approximate surface area is 273 Å². The predicted octanol–water partition coefficient (Wildman–Crippen LogP) is 7.10. The molecule has 1 saturated heterocycles. The summed E-state index contributed by atoms with van der Waals surface area (Å²) in [5.41, 5.74) is 5.40. The molecule has 4 atom stereocenters. The second kappa shape index (κ2) is 15.3. The molecule has 0 aliphatic carbocycles. The highest BCUT2D eigenvalue weighted by Gasteiger charge is 2.38. The van der Waals surface area contributed by atoms with Crippen LogP contribution in [0.5, 0.6) is 0 Å². The predicted molar refractivity (Wildman–Crippen MR) is 180 cm³/mol. The van der Waals surface area contributed by atoms with Crippen LogP contribution >= 0.6 is 11.8 Å². The molecule has 0 saturated carbocycles. The monoisotopic (exact) mass is 638 g/mol. The number of ketones is 1. The van der Waals surface area contributed by atoms with E-state index in [1.54, 1.807) is 36.0 Å². The summed E-state index contributed by atoms with van der Waals surface area (Å²) >= 11 is 1.68. The zero-order chi connectivity index (χ0) is 32.6. The molecule has 2 amide bonds. The minimum absolute atomic E-state index is 0.0255. The molecule has 5 rings (SSSR count). The van der Waals surface area contributed by atoms with E-state index in [4.69, 9.17) is 9.47 Å². The van der Waals surface area contributed by atoms with Crippen LogP contribution in [0.4, 0.5) is 11.4 Å². The van der Waals surface area contributed by atoms with Crippen LogP contribution in [-0.2, 0) is 32.1 Å². The van der Waals surface area contributed by atoms with Crippen LogP contribution in [0.2, 0.25) is 0 Å². The lowest BCUT2D eigenvalue weighted by Gasteiger charge is -2.41. The average Bonchev–Trinajstić information content (AvgIpc) is 3.05. The Hall–Kier alpha value is -4.28. The first-order valence-corrected chi connectivity index (χ1v) is 16.2. The number of hydrogen-bond acceptors (Lipinski definition) is 7. The van der Waals surface area contributed by atoms with Gasteiger partial charge in [-0.15, -0.1) is 11.8 Å². The van der Waals surface area contributed by atoms with Gasteiger partial charge in [-0.3, -0.25) is 14.4 Å². The van der Waals surface area contributed by atoms with Crippen molar-refractivity contribution >= 4 is 40.7 Å². The number of aliphatic hydroxyl groups excluding tert-OH is 1. The smallest absolute Gasteiger partial charge is 0.228 e. The van der Waals surface area contributed by atoms with Crippen LogP contribution in [0.3, 0.4) is 0 Å². The Morgan fingerprint density at radius 1 is 0.783 bits per heavy atom. The van der Waals surface area contributed by atoms with Crippen LogP contribution in [0, 0.1) is 5.92 Å². The lowest BCUT2D eigenvalue weighted by Crippen LogP contribution is -2.38. The third kappa shape index (κ3) is 8.70. The number of carbonyl (C=O) groups excluding carboxylic acids is 3. The standard InChI is InChI=1S/C37H38N2O6S/c1-23-34(22-46-33-17-15-31(16-18-33)38-25(3)42)44-37(45-36(23)28-11-9-27(21-40)10-12-28)29-13-7-26(8-14-29)19-35(43)39-32-6-4-5-30(20-32)24(2)41/h4-18,20,23,34,36-37,40H,19,21-22H2,1-3H3,(H,38,42)(H,39,43). The summed E-state index contributed by atoms with van der Waals surface area (Å²) in [5.74, 6) is 0.375. The number of anilines is 2. The molecule has 1 heterocycles. The highest BCUT2D eigenvalue weighted by molar-refractivity contribution is 7.99. The van der Waals surface area contributed by atoms with Crippen molar-refractivity contribution in [2.24, 2.45) is 5.92 Å². The van der Waals surface area contributed by atoms with Crippen LogP contribution in [0.25, 0.3) is 0 Å². The molecule has 4 aromatic rings. The quantitative estimate of drug-likeness (QED) is 0.119. The maximum atomic E-state index is 12.7. The van der Waals surface area contributed by atoms with E-state index in [1.165, 1.54) is 13.8 Å². The molecule has 0 aromatic heterocycles. The zero-order valence-corrected chi connectivity index (χ0v) is 26.9. The first-order valence-electron chi connectivity index (χ1n) is 15.2. The van der Waals surface area contributed by atoms with Gasteiger partial charge < -0.3 is 25.2 Å². The van der Waals surface area contributed by atoms with Crippen molar-refractivity contribution in [1.82, 2.24) is 0 Å². The van der Waals surface area contributed by atoms with Gasteiger partial charge in [-0.25, -0.2) is 0 Å². The number of amides is 2. The normalized spacial score (nSPS) is 19.3. The highest BCUT2D eigenvalue weighted by Crippen LogP contribution is 2.43. The summed E-state index contributed by atoms with van der Waals surface area (Å²) in [5, 5.41) is 15.2. The van der Waals surface area contributed by atoms with Gasteiger partial charge in [0.05, 0.1) is 25.2 Å². The molecule has 3 N–H and O–H groups in total. The van der Waals surface area contributed by atoms with E-state index in [0.29, 0.717) is 17.0 Å². The van der Waals surface area contributed by atoms with E-state index in [9.17, 15) is 19.5 Å². The van der Waals surface area contributed by atoms with E-state index < -0.39 is 6.29 Å². The molecule has 1 aliphatic rings. The fourth-order valence-electron chi connectivity index (χ4n) is 5.33. The fourth-order valence-corrected chi connectivity index (χ4v) is 6.39. The van der Waals surface area contributed by atoms with Crippen molar-refractivity contribution in [2.45, 2.75) is 57.2 Å². The Bertz CT molecular complexity index is 1660. The van der Waals surface area contributed by atoms with E-state index in [-0.39, 0.29) is 48.8 Å². The SMILES string of the molecule is CC(=O)Nc1ccc(SCC2OC(c3ccc(CC(=O)Nc4cccc(C(C)=O)c4)cc3)OC(c3ccc(CO)cc3)C2C)cc1. The van der Waals surface area contributed by atoms with Crippen molar-refractivity contribution in [3.63, 3.8) is 0 Å². The molecule has 9 heteroatoms. The molecule has 46 heavy (non-hydrogen) atoms. The van der Waals surface area contributed by atoms with Crippen molar-refractivity contribution in [1.29, 1.82) is 0 Å². The van der Waals surface area contributed by atoms with E-state index >= 15 is 0 Å². The van der Waals surface area contributed by atoms with Gasteiger partial charge in [-0.05, 0) is 60.0 Å². The van der Waals surface area contributed by atoms with Gasteiger partial charge in [-0.2, -0.15) is 0 Å². The van der Waals surface area contributed by atoms with E-state index in [1.807, 2.05) is 72.8 Å². The summed E-state index contributed by atoms with van der Waals surface area (Å²) in [4.78, 5) is 36.9. The molecule has 8 nitrogen and oxygen atoms in total. The second-order valence-corrected chi connectivity index (χ2v) is 12.5. The average molecular weight is 639 g/mol. The lowest BCUT2D eigenvalue weighted by atomic mass is 9.91.